The first kappa shape index (κ1) is 15.8. The predicted molar refractivity (Wildman–Crippen MR) is 93.8 cm³/mol. The lowest BCUT2D eigenvalue weighted by molar-refractivity contribution is 0.0527. The standard InChI is InChI=1S/C19H18N2O3/c1-3-24-19(23)16-11-20-17-12(2)5-4-6-15(17)18(16)21-13-7-9-14(22)10-8-13/h4-11,22H,3H2,1-2H3,(H,20,21). The van der Waals surface area contributed by atoms with Crippen molar-refractivity contribution in [3.8, 4) is 5.75 Å². The van der Waals surface area contributed by atoms with E-state index in [1.54, 1.807) is 31.2 Å². The fourth-order valence-corrected chi connectivity index (χ4v) is 2.56. The van der Waals surface area contributed by atoms with Gasteiger partial charge in [-0.3, -0.25) is 4.98 Å². The highest BCUT2D eigenvalue weighted by Crippen LogP contribution is 2.31. The summed E-state index contributed by atoms with van der Waals surface area (Å²) in [6.07, 6.45) is 1.54. The zero-order chi connectivity index (χ0) is 17.1. The summed E-state index contributed by atoms with van der Waals surface area (Å²) in [7, 11) is 0. The number of carbonyl (C=O) groups is 1. The van der Waals surface area contributed by atoms with Crippen LogP contribution >= 0.6 is 0 Å². The molecule has 0 fully saturated rings. The van der Waals surface area contributed by atoms with Crippen LogP contribution in [-0.4, -0.2) is 22.7 Å². The van der Waals surface area contributed by atoms with Gasteiger partial charge in [0.1, 0.15) is 11.3 Å². The van der Waals surface area contributed by atoms with Gasteiger partial charge in [0.25, 0.3) is 0 Å². The van der Waals surface area contributed by atoms with E-state index in [1.165, 1.54) is 6.20 Å². The second-order valence-corrected chi connectivity index (χ2v) is 5.41. The van der Waals surface area contributed by atoms with E-state index in [1.807, 2.05) is 25.1 Å². The molecule has 0 spiro atoms. The van der Waals surface area contributed by atoms with Gasteiger partial charge in [-0.15, -0.1) is 0 Å². The van der Waals surface area contributed by atoms with Crippen LogP contribution in [-0.2, 0) is 4.74 Å². The molecule has 5 nitrogen and oxygen atoms in total. The Morgan fingerprint density at radius 2 is 1.96 bits per heavy atom. The Morgan fingerprint density at radius 3 is 2.67 bits per heavy atom. The molecule has 1 heterocycles. The number of phenols is 1. The average molecular weight is 322 g/mol. The van der Waals surface area contributed by atoms with Gasteiger partial charge in [-0.25, -0.2) is 4.79 Å². The second kappa shape index (κ2) is 6.58. The van der Waals surface area contributed by atoms with Crippen LogP contribution in [0.1, 0.15) is 22.8 Å². The van der Waals surface area contributed by atoms with E-state index in [0.717, 1.165) is 22.2 Å². The van der Waals surface area contributed by atoms with Gasteiger partial charge in [0.2, 0.25) is 0 Å². The molecular formula is C19H18N2O3. The van der Waals surface area contributed by atoms with Crippen LogP contribution in [0.5, 0.6) is 5.75 Å². The highest BCUT2D eigenvalue weighted by atomic mass is 16.5. The van der Waals surface area contributed by atoms with Gasteiger partial charge in [0.15, 0.2) is 0 Å². The number of esters is 1. The minimum Gasteiger partial charge on any atom is -0.508 e. The number of aromatic nitrogens is 1. The molecule has 24 heavy (non-hydrogen) atoms. The molecule has 0 atom stereocenters. The lowest BCUT2D eigenvalue weighted by atomic mass is 10.1. The number of hydrogen-bond acceptors (Lipinski definition) is 5. The van der Waals surface area contributed by atoms with Crippen molar-refractivity contribution in [2.75, 3.05) is 11.9 Å². The topological polar surface area (TPSA) is 71.5 Å². The molecule has 3 aromatic rings. The van der Waals surface area contributed by atoms with Crippen LogP contribution in [0.15, 0.2) is 48.7 Å². The molecule has 122 valence electrons. The monoisotopic (exact) mass is 322 g/mol. The average Bonchev–Trinajstić information content (AvgIpc) is 2.58. The van der Waals surface area contributed by atoms with Crippen molar-refractivity contribution in [2.24, 2.45) is 0 Å². The second-order valence-electron chi connectivity index (χ2n) is 5.41. The van der Waals surface area contributed by atoms with E-state index in [0.29, 0.717) is 17.9 Å². The van der Waals surface area contributed by atoms with Crippen LogP contribution in [0.3, 0.4) is 0 Å². The van der Waals surface area contributed by atoms with Gasteiger partial charge in [-0.05, 0) is 43.7 Å². The molecule has 0 aliphatic heterocycles. The fourth-order valence-electron chi connectivity index (χ4n) is 2.56. The maximum atomic E-state index is 12.3. The molecule has 5 heteroatoms. The number of nitrogens with one attached hydrogen (secondary N) is 1. The van der Waals surface area contributed by atoms with Crippen molar-refractivity contribution in [2.45, 2.75) is 13.8 Å². The summed E-state index contributed by atoms with van der Waals surface area (Å²) in [4.78, 5) is 16.7. The lowest BCUT2D eigenvalue weighted by Gasteiger charge is -2.15. The number of anilines is 2. The summed E-state index contributed by atoms with van der Waals surface area (Å²) in [5.41, 5.74) is 3.63. The van der Waals surface area contributed by atoms with Gasteiger partial charge >= 0.3 is 5.97 Å². The molecule has 0 aliphatic rings. The largest absolute Gasteiger partial charge is 0.508 e. The third-order valence-corrected chi connectivity index (χ3v) is 3.73. The molecule has 3 rings (SSSR count). The summed E-state index contributed by atoms with van der Waals surface area (Å²) in [6.45, 7) is 4.04. The Labute approximate surface area is 139 Å². The number of para-hydroxylation sites is 1. The summed E-state index contributed by atoms with van der Waals surface area (Å²) in [5.74, 6) is -0.240. The van der Waals surface area contributed by atoms with Gasteiger partial charge < -0.3 is 15.2 Å². The van der Waals surface area contributed by atoms with Crippen LogP contribution in [0.2, 0.25) is 0 Å². The minimum absolute atomic E-state index is 0.182. The summed E-state index contributed by atoms with van der Waals surface area (Å²) in [5, 5.41) is 13.5. The Hall–Kier alpha value is -3.08. The lowest BCUT2D eigenvalue weighted by Crippen LogP contribution is -2.09. The first-order chi connectivity index (χ1) is 11.6. The highest BCUT2D eigenvalue weighted by molar-refractivity contribution is 6.06. The van der Waals surface area contributed by atoms with Crippen LogP contribution in [0.4, 0.5) is 11.4 Å². The number of phenolic OH excluding ortho intramolecular Hbond substituents is 1. The Balaban J connectivity index is 2.16. The first-order valence-electron chi connectivity index (χ1n) is 7.71. The number of hydrogen-bond donors (Lipinski definition) is 2. The fraction of sp³-hybridized carbons (Fsp3) is 0.158. The molecule has 0 amide bonds. The molecule has 1 aromatic heterocycles. The number of pyridine rings is 1. The number of ether oxygens (including phenoxy) is 1. The molecule has 0 bridgehead atoms. The summed E-state index contributed by atoms with van der Waals surface area (Å²) in [6, 6.07) is 12.5. The van der Waals surface area contributed by atoms with Crippen LogP contribution < -0.4 is 5.32 Å². The van der Waals surface area contributed by atoms with Crippen molar-refractivity contribution < 1.29 is 14.6 Å². The quantitative estimate of drug-likeness (QED) is 0.557. The number of nitrogens with zero attached hydrogens (tertiary/aromatic N) is 1. The summed E-state index contributed by atoms with van der Waals surface area (Å²) < 4.78 is 5.15. The van der Waals surface area contributed by atoms with Gasteiger partial charge in [0.05, 0.1) is 17.8 Å². The number of aromatic hydroxyl groups is 1. The van der Waals surface area contributed by atoms with E-state index in [2.05, 4.69) is 10.3 Å². The Morgan fingerprint density at radius 1 is 1.21 bits per heavy atom. The zero-order valence-electron chi connectivity index (χ0n) is 13.5. The molecule has 0 saturated heterocycles. The predicted octanol–water partition coefficient (Wildman–Crippen LogP) is 4.17. The van der Waals surface area contributed by atoms with Gasteiger partial charge in [-0.2, -0.15) is 0 Å². The molecule has 2 N–H and O–H groups in total. The molecule has 0 unspecified atom stereocenters. The Kier molecular flexibility index (Phi) is 4.33. The third kappa shape index (κ3) is 3.01. The SMILES string of the molecule is CCOC(=O)c1cnc2c(C)cccc2c1Nc1ccc(O)cc1. The molecule has 0 saturated carbocycles. The highest BCUT2D eigenvalue weighted by Gasteiger charge is 2.17. The smallest absolute Gasteiger partial charge is 0.341 e. The number of fused-ring (bicyclic) bond motifs is 1. The Bertz CT molecular complexity index is 889. The maximum absolute atomic E-state index is 12.3. The normalized spacial score (nSPS) is 10.6. The number of rotatable bonds is 4. The van der Waals surface area contributed by atoms with Crippen molar-refractivity contribution in [1.82, 2.24) is 4.98 Å². The van der Waals surface area contributed by atoms with E-state index >= 15 is 0 Å². The van der Waals surface area contributed by atoms with Crippen LogP contribution in [0.25, 0.3) is 10.9 Å². The van der Waals surface area contributed by atoms with E-state index < -0.39 is 5.97 Å². The minimum atomic E-state index is -0.422. The number of benzene rings is 2. The van der Waals surface area contributed by atoms with E-state index in [9.17, 15) is 9.90 Å². The third-order valence-electron chi connectivity index (χ3n) is 3.73. The van der Waals surface area contributed by atoms with Crippen LogP contribution in [0, 0.1) is 6.92 Å². The van der Waals surface area contributed by atoms with Gasteiger partial charge in [0, 0.05) is 17.3 Å². The number of carbonyl (C=O) groups excluding carboxylic acids is 1. The van der Waals surface area contributed by atoms with Crippen molar-refractivity contribution in [3.05, 3.63) is 59.8 Å². The zero-order valence-corrected chi connectivity index (χ0v) is 13.5. The maximum Gasteiger partial charge on any atom is 0.341 e. The molecular weight excluding hydrogens is 304 g/mol. The first-order valence-corrected chi connectivity index (χ1v) is 7.71. The van der Waals surface area contributed by atoms with Crippen molar-refractivity contribution in [1.29, 1.82) is 0 Å². The molecule has 0 radical (unpaired) electrons. The molecule has 2 aromatic carbocycles. The van der Waals surface area contributed by atoms with Crippen molar-refractivity contribution >= 4 is 28.2 Å². The van der Waals surface area contributed by atoms with Crippen molar-refractivity contribution in [3.63, 3.8) is 0 Å². The van der Waals surface area contributed by atoms with E-state index in [4.69, 9.17) is 4.74 Å². The number of aryl methyl sites for hydroxylation is 1. The summed E-state index contributed by atoms with van der Waals surface area (Å²) >= 11 is 0. The van der Waals surface area contributed by atoms with Gasteiger partial charge in [-0.1, -0.05) is 18.2 Å². The van der Waals surface area contributed by atoms with E-state index in [-0.39, 0.29) is 5.75 Å². The molecule has 0 aliphatic carbocycles.